The lowest BCUT2D eigenvalue weighted by molar-refractivity contribution is -0.124. The van der Waals surface area contributed by atoms with Crippen LogP contribution in [0.2, 0.25) is 0 Å². The summed E-state index contributed by atoms with van der Waals surface area (Å²) in [6.07, 6.45) is 5.75. The number of amides is 1. The number of methoxy groups -OCH3 is 1. The van der Waals surface area contributed by atoms with Gasteiger partial charge < -0.3 is 15.8 Å². The lowest BCUT2D eigenvalue weighted by atomic mass is 9.69. The second-order valence-electron chi connectivity index (χ2n) is 6.46. The predicted molar refractivity (Wildman–Crippen MR) is 85.1 cm³/mol. The van der Waals surface area contributed by atoms with Crippen LogP contribution in [0.3, 0.4) is 0 Å². The highest BCUT2D eigenvalue weighted by molar-refractivity contribution is 5.85. The first-order valence-corrected chi connectivity index (χ1v) is 7.45. The van der Waals surface area contributed by atoms with Gasteiger partial charge in [0.2, 0.25) is 5.91 Å². The molecule has 5 heteroatoms. The molecule has 0 spiro atoms. The van der Waals surface area contributed by atoms with E-state index in [2.05, 4.69) is 26.1 Å². The number of hydrogen-bond donors (Lipinski definition) is 2. The van der Waals surface area contributed by atoms with E-state index in [0.717, 1.165) is 18.8 Å². The Hall–Kier alpha value is -0.320. The summed E-state index contributed by atoms with van der Waals surface area (Å²) in [4.78, 5) is 11.8. The van der Waals surface area contributed by atoms with Crippen LogP contribution in [0.15, 0.2) is 0 Å². The molecule has 0 aromatic carbocycles. The molecule has 0 radical (unpaired) electrons. The molecule has 4 nitrogen and oxygen atoms in total. The number of nitrogens with one attached hydrogen (secondary N) is 1. The summed E-state index contributed by atoms with van der Waals surface area (Å²) in [7, 11) is 1.56. The molecule has 0 aromatic heterocycles. The highest BCUT2D eigenvalue weighted by atomic mass is 35.5. The molecule has 1 atom stereocenters. The van der Waals surface area contributed by atoms with Crippen LogP contribution < -0.4 is 11.1 Å². The van der Waals surface area contributed by atoms with E-state index in [1.54, 1.807) is 7.11 Å². The molecular formula is C15H31ClN2O2. The zero-order valence-electron chi connectivity index (χ0n) is 13.3. The molecule has 0 heterocycles. The van der Waals surface area contributed by atoms with E-state index in [1.807, 2.05) is 0 Å². The van der Waals surface area contributed by atoms with Crippen molar-refractivity contribution in [3.8, 4) is 0 Å². The third kappa shape index (κ3) is 5.58. The SMILES string of the molecule is CCC(C)(C)C1CCC(NC(=O)C(N)COC)CC1.Cl. The second kappa shape index (κ2) is 8.85. The molecule has 0 saturated heterocycles. The van der Waals surface area contributed by atoms with Gasteiger partial charge in [-0.2, -0.15) is 0 Å². The van der Waals surface area contributed by atoms with Crippen LogP contribution >= 0.6 is 12.4 Å². The molecule has 120 valence electrons. The van der Waals surface area contributed by atoms with E-state index in [4.69, 9.17) is 10.5 Å². The van der Waals surface area contributed by atoms with Crippen molar-refractivity contribution in [3.05, 3.63) is 0 Å². The topological polar surface area (TPSA) is 64.4 Å². The Morgan fingerprint density at radius 1 is 1.35 bits per heavy atom. The van der Waals surface area contributed by atoms with Gasteiger partial charge in [0.15, 0.2) is 0 Å². The molecular weight excluding hydrogens is 276 g/mol. The molecule has 1 aliphatic rings. The molecule has 1 aliphatic carbocycles. The molecule has 1 saturated carbocycles. The minimum absolute atomic E-state index is 0. The Kier molecular flexibility index (Phi) is 8.71. The van der Waals surface area contributed by atoms with E-state index in [9.17, 15) is 4.79 Å². The molecule has 0 aromatic rings. The number of ether oxygens (including phenoxy) is 1. The second-order valence-corrected chi connectivity index (χ2v) is 6.46. The van der Waals surface area contributed by atoms with Crippen LogP contribution in [-0.4, -0.2) is 31.7 Å². The Balaban J connectivity index is 0.00000361. The Morgan fingerprint density at radius 3 is 2.35 bits per heavy atom. The van der Waals surface area contributed by atoms with Crippen molar-refractivity contribution in [1.82, 2.24) is 5.32 Å². The van der Waals surface area contributed by atoms with Crippen LogP contribution in [0, 0.1) is 11.3 Å². The van der Waals surface area contributed by atoms with Gasteiger partial charge in [-0.25, -0.2) is 0 Å². The average molecular weight is 307 g/mol. The minimum atomic E-state index is -0.546. The third-order valence-corrected chi connectivity index (χ3v) is 4.77. The number of hydrogen-bond acceptors (Lipinski definition) is 3. The van der Waals surface area contributed by atoms with Crippen LogP contribution in [0.1, 0.15) is 52.9 Å². The van der Waals surface area contributed by atoms with Crippen molar-refractivity contribution in [1.29, 1.82) is 0 Å². The van der Waals surface area contributed by atoms with Gasteiger partial charge in [-0.1, -0.05) is 27.2 Å². The first-order valence-electron chi connectivity index (χ1n) is 7.45. The monoisotopic (exact) mass is 306 g/mol. The summed E-state index contributed by atoms with van der Waals surface area (Å²) in [6, 6.07) is -0.255. The highest BCUT2D eigenvalue weighted by Gasteiger charge is 2.32. The fourth-order valence-corrected chi connectivity index (χ4v) is 2.87. The highest BCUT2D eigenvalue weighted by Crippen LogP contribution is 2.40. The first kappa shape index (κ1) is 19.7. The van der Waals surface area contributed by atoms with Crippen LogP contribution in [0.25, 0.3) is 0 Å². The lowest BCUT2D eigenvalue weighted by Crippen LogP contribution is -2.48. The summed E-state index contributed by atoms with van der Waals surface area (Å²) >= 11 is 0. The summed E-state index contributed by atoms with van der Waals surface area (Å²) in [6.45, 7) is 7.25. The van der Waals surface area contributed by atoms with Crippen molar-refractivity contribution < 1.29 is 9.53 Å². The van der Waals surface area contributed by atoms with Crippen LogP contribution in [0.5, 0.6) is 0 Å². The summed E-state index contributed by atoms with van der Waals surface area (Å²) in [5.41, 5.74) is 6.14. The first-order chi connectivity index (χ1) is 8.90. The van der Waals surface area contributed by atoms with Gasteiger partial charge in [-0.15, -0.1) is 12.4 Å². The van der Waals surface area contributed by atoms with Gasteiger partial charge >= 0.3 is 0 Å². The van der Waals surface area contributed by atoms with Crippen molar-refractivity contribution in [2.45, 2.75) is 65.0 Å². The number of rotatable bonds is 6. The van der Waals surface area contributed by atoms with Crippen molar-refractivity contribution >= 4 is 18.3 Å². The largest absolute Gasteiger partial charge is 0.383 e. The standard InChI is InChI=1S/C15H30N2O2.ClH/c1-5-15(2,3)11-6-8-12(9-7-11)17-14(18)13(16)10-19-4;/h11-13H,5-10,16H2,1-4H3,(H,17,18);1H. The maximum Gasteiger partial charge on any atom is 0.239 e. The quantitative estimate of drug-likeness (QED) is 0.792. The van der Waals surface area contributed by atoms with Gasteiger partial charge in [-0.05, 0) is 37.0 Å². The van der Waals surface area contributed by atoms with Gasteiger partial charge in [0.05, 0.1) is 6.61 Å². The number of halogens is 1. The normalized spacial score (nSPS) is 24.6. The zero-order chi connectivity index (χ0) is 14.5. The van der Waals surface area contributed by atoms with Gasteiger partial charge in [0.1, 0.15) is 6.04 Å². The third-order valence-electron chi connectivity index (χ3n) is 4.77. The van der Waals surface area contributed by atoms with Gasteiger partial charge in [-0.3, -0.25) is 4.79 Å². The fourth-order valence-electron chi connectivity index (χ4n) is 2.87. The van der Waals surface area contributed by atoms with Gasteiger partial charge in [0, 0.05) is 13.2 Å². The van der Waals surface area contributed by atoms with Crippen LogP contribution in [-0.2, 0) is 9.53 Å². The molecule has 1 amide bonds. The lowest BCUT2D eigenvalue weighted by Gasteiger charge is -2.39. The van der Waals surface area contributed by atoms with E-state index < -0.39 is 6.04 Å². The molecule has 20 heavy (non-hydrogen) atoms. The number of carbonyl (C=O) groups excluding carboxylic acids is 1. The average Bonchev–Trinajstić information content (AvgIpc) is 2.39. The maximum absolute atomic E-state index is 11.8. The summed E-state index contributed by atoms with van der Waals surface area (Å²) in [5.74, 6) is 0.693. The van der Waals surface area contributed by atoms with E-state index >= 15 is 0 Å². The van der Waals surface area contributed by atoms with E-state index in [1.165, 1.54) is 19.3 Å². The smallest absolute Gasteiger partial charge is 0.239 e. The number of nitrogens with two attached hydrogens (primary N) is 1. The summed E-state index contributed by atoms with van der Waals surface area (Å²) < 4.78 is 4.90. The fraction of sp³-hybridized carbons (Fsp3) is 0.933. The van der Waals surface area contributed by atoms with Crippen molar-refractivity contribution in [3.63, 3.8) is 0 Å². The molecule has 1 rings (SSSR count). The van der Waals surface area contributed by atoms with Crippen molar-refractivity contribution in [2.24, 2.45) is 17.1 Å². The minimum Gasteiger partial charge on any atom is -0.383 e. The van der Waals surface area contributed by atoms with Gasteiger partial charge in [0.25, 0.3) is 0 Å². The van der Waals surface area contributed by atoms with E-state index in [0.29, 0.717) is 11.5 Å². The maximum atomic E-state index is 11.8. The van der Waals surface area contributed by atoms with Crippen LogP contribution in [0.4, 0.5) is 0 Å². The molecule has 0 bridgehead atoms. The van der Waals surface area contributed by atoms with Crippen molar-refractivity contribution in [2.75, 3.05) is 13.7 Å². The zero-order valence-corrected chi connectivity index (χ0v) is 14.1. The Morgan fingerprint density at radius 2 is 1.90 bits per heavy atom. The molecule has 1 unspecified atom stereocenters. The molecule has 1 fully saturated rings. The molecule has 3 N–H and O–H groups in total. The Labute approximate surface area is 129 Å². The summed E-state index contributed by atoms with van der Waals surface area (Å²) in [5, 5.41) is 3.05. The molecule has 0 aliphatic heterocycles. The van der Waals surface area contributed by atoms with E-state index in [-0.39, 0.29) is 24.9 Å². The number of carbonyl (C=O) groups is 1. The predicted octanol–water partition coefficient (Wildman–Crippen LogP) is 2.49. The Bertz CT molecular complexity index is 290.